The van der Waals surface area contributed by atoms with Crippen LogP contribution in [0.15, 0.2) is 36.4 Å². The van der Waals surface area contributed by atoms with Crippen molar-refractivity contribution in [3.63, 3.8) is 0 Å². The van der Waals surface area contributed by atoms with Crippen LogP contribution in [-0.4, -0.2) is 27.7 Å². The highest BCUT2D eigenvalue weighted by atomic mass is 16.3. The second kappa shape index (κ2) is 3.95. The van der Waals surface area contributed by atoms with E-state index in [0.717, 1.165) is 18.4 Å². The van der Waals surface area contributed by atoms with Crippen molar-refractivity contribution in [3.05, 3.63) is 42.0 Å². The molecule has 1 saturated heterocycles. The summed E-state index contributed by atoms with van der Waals surface area (Å²) in [6.45, 7) is 2.00. The minimum atomic E-state index is -1.07. The molecule has 1 aromatic rings. The number of fused-ring (bicyclic) bond motifs is 1. The van der Waals surface area contributed by atoms with Crippen molar-refractivity contribution in [3.8, 4) is 0 Å². The summed E-state index contributed by atoms with van der Waals surface area (Å²) in [4.78, 5) is 14.1. The number of hydrogen-bond donors (Lipinski definition) is 1. The third-order valence-corrected chi connectivity index (χ3v) is 3.93. The second-order valence-corrected chi connectivity index (χ2v) is 5.22. The van der Waals surface area contributed by atoms with Crippen molar-refractivity contribution in [2.75, 3.05) is 0 Å². The standard InChI is InChI=1S/C15H17NO2/c1-11-6-5-9-15(18)10-13(14(17)16(11)15)12-7-3-2-4-8-12/h2-4,7-8,10-11,18H,5-6,9H2,1H3. The number of carbonyl (C=O) groups is 1. The Labute approximate surface area is 107 Å². The number of benzene rings is 1. The highest BCUT2D eigenvalue weighted by molar-refractivity contribution is 6.22. The third-order valence-electron chi connectivity index (χ3n) is 3.93. The van der Waals surface area contributed by atoms with Crippen LogP contribution in [0.4, 0.5) is 0 Å². The minimum Gasteiger partial charge on any atom is -0.367 e. The number of carbonyl (C=O) groups excluding carboxylic acids is 1. The lowest BCUT2D eigenvalue weighted by Gasteiger charge is -2.41. The van der Waals surface area contributed by atoms with Crippen LogP contribution in [0.2, 0.25) is 0 Å². The van der Waals surface area contributed by atoms with Crippen molar-refractivity contribution in [1.82, 2.24) is 4.90 Å². The van der Waals surface area contributed by atoms with Crippen molar-refractivity contribution in [1.29, 1.82) is 0 Å². The quantitative estimate of drug-likeness (QED) is 0.821. The Morgan fingerprint density at radius 2 is 2.06 bits per heavy atom. The fraction of sp³-hybridized carbons (Fsp3) is 0.400. The Balaban J connectivity index is 2.03. The maximum atomic E-state index is 12.5. The number of rotatable bonds is 1. The van der Waals surface area contributed by atoms with E-state index in [9.17, 15) is 9.90 Å². The van der Waals surface area contributed by atoms with Crippen molar-refractivity contribution >= 4 is 11.5 Å². The van der Waals surface area contributed by atoms with Crippen molar-refractivity contribution in [2.45, 2.75) is 38.0 Å². The molecule has 0 aliphatic carbocycles. The molecule has 94 valence electrons. The van der Waals surface area contributed by atoms with Gasteiger partial charge in [0.25, 0.3) is 5.91 Å². The Bertz CT molecular complexity index is 508. The molecule has 0 spiro atoms. The molecule has 1 aromatic carbocycles. The van der Waals surface area contributed by atoms with Gasteiger partial charge in [-0.15, -0.1) is 0 Å². The number of hydrogen-bond acceptors (Lipinski definition) is 2. The van der Waals surface area contributed by atoms with Gasteiger partial charge in [-0.3, -0.25) is 4.79 Å². The van der Waals surface area contributed by atoms with Crippen LogP contribution in [0.3, 0.4) is 0 Å². The number of aliphatic hydroxyl groups is 1. The fourth-order valence-corrected chi connectivity index (χ4v) is 3.05. The van der Waals surface area contributed by atoms with Crippen LogP contribution < -0.4 is 0 Å². The Hall–Kier alpha value is -1.61. The van der Waals surface area contributed by atoms with Crippen LogP contribution in [0.5, 0.6) is 0 Å². The van der Waals surface area contributed by atoms with E-state index in [1.54, 1.807) is 11.0 Å². The minimum absolute atomic E-state index is 0.0455. The molecule has 2 aliphatic heterocycles. The summed E-state index contributed by atoms with van der Waals surface area (Å²) in [7, 11) is 0. The van der Waals surface area contributed by atoms with Gasteiger partial charge in [-0.1, -0.05) is 30.3 Å². The predicted octanol–water partition coefficient (Wildman–Crippen LogP) is 2.17. The van der Waals surface area contributed by atoms with Crippen LogP contribution >= 0.6 is 0 Å². The average molecular weight is 243 g/mol. The lowest BCUT2D eigenvalue weighted by Crippen LogP contribution is -2.53. The molecular formula is C15H17NO2. The maximum Gasteiger partial charge on any atom is 0.257 e. The van der Waals surface area contributed by atoms with Gasteiger partial charge in [0.05, 0.1) is 0 Å². The molecule has 1 amide bonds. The molecule has 0 radical (unpaired) electrons. The SMILES string of the molecule is CC1CCCC2(O)C=C(c3ccccc3)C(=O)N12. The van der Waals surface area contributed by atoms with Gasteiger partial charge in [-0.25, -0.2) is 0 Å². The van der Waals surface area contributed by atoms with Gasteiger partial charge in [-0.05, 0) is 37.8 Å². The molecule has 3 rings (SSSR count). The van der Waals surface area contributed by atoms with Crippen LogP contribution in [0.25, 0.3) is 5.57 Å². The Morgan fingerprint density at radius 3 is 2.72 bits per heavy atom. The molecule has 3 nitrogen and oxygen atoms in total. The molecule has 0 aromatic heterocycles. The third kappa shape index (κ3) is 1.58. The van der Waals surface area contributed by atoms with Crippen molar-refractivity contribution < 1.29 is 9.90 Å². The van der Waals surface area contributed by atoms with E-state index in [4.69, 9.17) is 0 Å². The molecule has 0 bridgehead atoms. The molecule has 1 N–H and O–H groups in total. The van der Waals surface area contributed by atoms with Crippen LogP contribution in [-0.2, 0) is 4.79 Å². The summed E-state index contributed by atoms with van der Waals surface area (Å²) in [5.41, 5.74) is 0.448. The maximum absolute atomic E-state index is 12.5. The summed E-state index contributed by atoms with van der Waals surface area (Å²) in [5.74, 6) is -0.0455. The second-order valence-electron chi connectivity index (χ2n) is 5.22. The molecule has 3 heteroatoms. The molecule has 0 saturated carbocycles. The first-order valence-corrected chi connectivity index (χ1v) is 6.46. The first-order valence-electron chi connectivity index (χ1n) is 6.46. The fourth-order valence-electron chi connectivity index (χ4n) is 3.05. The van der Waals surface area contributed by atoms with E-state index in [-0.39, 0.29) is 11.9 Å². The van der Waals surface area contributed by atoms with Gasteiger partial charge in [0.1, 0.15) is 0 Å². The number of nitrogens with zero attached hydrogens (tertiary/aromatic N) is 1. The molecular weight excluding hydrogens is 226 g/mol. The lowest BCUT2D eigenvalue weighted by molar-refractivity contribution is -0.152. The highest BCUT2D eigenvalue weighted by Gasteiger charge is 2.48. The monoisotopic (exact) mass is 243 g/mol. The van der Waals surface area contributed by atoms with Gasteiger partial charge in [0.15, 0.2) is 5.72 Å². The molecule has 2 aliphatic rings. The van der Waals surface area contributed by atoms with E-state index in [2.05, 4.69) is 0 Å². The van der Waals surface area contributed by atoms with Crippen molar-refractivity contribution in [2.24, 2.45) is 0 Å². The average Bonchev–Trinajstić information content (AvgIpc) is 2.64. The zero-order chi connectivity index (χ0) is 12.8. The molecule has 2 atom stereocenters. The first-order chi connectivity index (χ1) is 8.62. The van der Waals surface area contributed by atoms with Gasteiger partial charge in [-0.2, -0.15) is 0 Å². The normalized spacial score (nSPS) is 31.2. The summed E-state index contributed by atoms with van der Waals surface area (Å²) in [6.07, 6.45) is 4.30. The summed E-state index contributed by atoms with van der Waals surface area (Å²) >= 11 is 0. The van der Waals surface area contributed by atoms with E-state index >= 15 is 0 Å². The van der Waals surface area contributed by atoms with Gasteiger partial charge < -0.3 is 10.0 Å². The smallest absolute Gasteiger partial charge is 0.257 e. The largest absolute Gasteiger partial charge is 0.367 e. The van der Waals surface area contributed by atoms with E-state index < -0.39 is 5.72 Å². The topological polar surface area (TPSA) is 40.5 Å². The summed E-state index contributed by atoms with van der Waals surface area (Å²) in [6, 6.07) is 9.68. The van der Waals surface area contributed by atoms with Gasteiger partial charge in [0.2, 0.25) is 0 Å². The van der Waals surface area contributed by atoms with E-state index in [0.29, 0.717) is 12.0 Å². The van der Waals surface area contributed by atoms with Crippen LogP contribution in [0, 0.1) is 0 Å². The Morgan fingerprint density at radius 1 is 1.33 bits per heavy atom. The number of amides is 1. The van der Waals surface area contributed by atoms with Crippen LogP contribution in [0.1, 0.15) is 31.7 Å². The zero-order valence-electron chi connectivity index (χ0n) is 10.5. The van der Waals surface area contributed by atoms with Gasteiger partial charge in [0, 0.05) is 11.6 Å². The predicted molar refractivity (Wildman–Crippen MR) is 69.5 cm³/mol. The summed E-state index contributed by atoms with van der Waals surface area (Å²) in [5, 5.41) is 10.6. The molecule has 18 heavy (non-hydrogen) atoms. The molecule has 2 unspecified atom stereocenters. The highest BCUT2D eigenvalue weighted by Crippen LogP contribution is 2.40. The zero-order valence-corrected chi connectivity index (χ0v) is 10.5. The Kier molecular flexibility index (Phi) is 2.52. The molecule has 2 heterocycles. The molecule has 1 fully saturated rings. The van der Waals surface area contributed by atoms with E-state index in [1.165, 1.54) is 0 Å². The lowest BCUT2D eigenvalue weighted by atomic mass is 9.95. The summed E-state index contributed by atoms with van der Waals surface area (Å²) < 4.78 is 0. The van der Waals surface area contributed by atoms with E-state index in [1.807, 2.05) is 37.3 Å². The number of piperidine rings is 1. The first kappa shape index (κ1) is 11.5. The van der Waals surface area contributed by atoms with Gasteiger partial charge >= 0.3 is 0 Å².